The molecule has 2 aromatic rings. The Balaban J connectivity index is 1.72. The fourth-order valence-corrected chi connectivity index (χ4v) is 2.79. The van der Waals surface area contributed by atoms with Crippen LogP contribution in [0.3, 0.4) is 0 Å². The lowest BCUT2D eigenvalue weighted by Crippen LogP contribution is -2.34. The Hall–Kier alpha value is -2.55. The van der Waals surface area contributed by atoms with Crippen LogP contribution >= 0.6 is 0 Å². The Morgan fingerprint density at radius 1 is 1.14 bits per heavy atom. The lowest BCUT2D eigenvalue weighted by molar-refractivity contribution is -0.126. The number of amides is 1. The molecule has 0 N–H and O–H groups in total. The highest BCUT2D eigenvalue weighted by atomic mass is 16.5. The van der Waals surface area contributed by atoms with Crippen LogP contribution in [0.2, 0.25) is 0 Å². The van der Waals surface area contributed by atoms with E-state index in [1.807, 2.05) is 53.4 Å². The van der Waals surface area contributed by atoms with Crippen LogP contribution in [0.1, 0.15) is 16.7 Å². The van der Waals surface area contributed by atoms with Crippen LogP contribution in [0, 0.1) is 0 Å². The Labute approximate surface area is 130 Å². The Kier molecular flexibility index (Phi) is 4.24. The number of fused-ring (bicyclic) bond motifs is 1. The highest BCUT2D eigenvalue weighted by Crippen LogP contribution is 2.27. The monoisotopic (exact) mass is 293 g/mol. The molecule has 3 heteroatoms. The van der Waals surface area contributed by atoms with Gasteiger partial charge in [0.05, 0.1) is 7.11 Å². The van der Waals surface area contributed by atoms with E-state index in [4.69, 9.17) is 4.74 Å². The van der Waals surface area contributed by atoms with Gasteiger partial charge in [0.25, 0.3) is 0 Å². The Morgan fingerprint density at radius 2 is 1.95 bits per heavy atom. The fraction of sp³-hybridized carbons (Fsp3) is 0.211. The number of hydrogen-bond donors (Lipinski definition) is 0. The molecule has 0 aromatic heterocycles. The highest BCUT2D eigenvalue weighted by Gasteiger charge is 2.21. The number of carbonyl (C=O) groups excluding carboxylic acids is 1. The van der Waals surface area contributed by atoms with Crippen molar-refractivity contribution < 1.29 is 9.53 Å². The van der Waals surface area contributed by atoms with Gasteiger partial charge < -0.3 is 9.64 Å². The van der Waals surface area contributed by atoms with Crippen LogP contribution in [0.25, 0.3) is 6.08 Å². The third-order valence-corrected chi connectivity index (χ3v) is 3.97. The van der Waals surface area contributed by atoms with Crippen LogP contribution in [0.15, 0.2) is 54.6 Å². The summed E-state index contributed by atoms with van der Waals surface area (Å²) in [6.07, 6.45) is 4.36. The number of carbonyl (C=O) groups is 1. The zero-order valence-electron chi connectivity index (χ0n) is 12.7. The molecule has 22 heavy (non-hydrogen) atoms. The van der Waals surface area contributed by atoms with E-state index in [1.54, 1.807) is 13.2 Å². The van der Waals surface area contributed by atoms with Crippen molar-refractivity contribution in [2.75, 3.05) is 13.7 Å². The normalized spacial score (nSPS) is 14.0. The summed E-state index contributed by atoms with van der Waals surface area (Å²) in [6.45, 7) is 1.37. The first kappa shape index (κ1) is 14.4. The summed E-state index contributed by atoms with van der Waals surface area (Å²) in [4.78, 5) is 14.2. The van der Waals surface area contributed by atoms with Crippen molar-refractivity contribution in [3.63, 3.8) is 0 Å². The lowest BCUT2D eigenvalue weighted by atomic mass is 9.98. The maximum atomic E-state index is 12.3. The second-order valence-electron chi connectivity index (χ2n) is 5.35. The van der Waals surface area contributed by atoms with Crippen LogP contribution in [0.4, 0.5) is 0 Å². The minimum atomic E-state index is 0.0531. The number of hydrogen-bond acceptors (Lipinski definition) is 2. The second kappa shape index (κ2) is 6.48. The number of benzene rings is 2. The molecule has 0 atom stereocenters. The first-order valence-corrected chi connectivity index (χ1v) is 7.45. The first-order valence-electron chi connectivity index (χ1n) is 7.45. The molecule has 0 unspecified atom stereocenters. The minimum Gasteiger partial charge on any atom is -0.496 e. The molecular weight excluding hydrogens is 274 g/mol. The van der Waals surface area contributed by atoms with Gasteiger partial charge in [-0.15, -0.1) is 0 Å². The van der Waals surface area contributed by atoms with Crippen molar-refractivity contribution in [2.24, 2.45) is 0 Å². The topological polar surface area (TPSA) is 29.5 Å². The molecule has 1 heterocycles. The molecule has 0 bridgehead atoms. The standard InChI is InChI=1S/C19H19NO2/c1-22-18-9-5-8-16-14-20(13-12-17(16)18)19(21)11-10-15-6-3-2-4-7-15/h2-11H,12-14H2,1H3/b11-10+. The van der Waals surface area contributed by atoms with Crippen LogP contribution in [-0.2, 0) is 17.8 Å². The molecule has 1 amide bonds. The molecule has 0 fully saturated rings. The fourth-order valence-electron chi connectivity index (χ4n) is 2.79. The van der Waals surface area contributed by atoms with E-state index in [9.17, 15) is 4.79 Å². The van der Waals surface area contributed by atoms with Gasteiger partial charge in [0.15, 0.2) is 0 Å². The maximum Gasteiger partial charge on any atom is 0.246 e. The van der Waals surface area contributed by atoms with E-state index in [1.165, 1.54) is 11.1 Å². The van der Waals surface area contributed by atoms with Gasteiger partial charge >= 0.3 is 0 Å². The van der Waals surface area contributed by atoms with Gasteiger partial charge in [-0.05, 0) is 29.7 Å². The van der Waals surface area contributed by atoms with E-state index < -0.39 is 0 Å². The van der Waals surface area contributed by atoms with Gasteiger partial charge in [-0.3, -0.25) is 4.79 Å². The van der Waals surface area contributed by atoms with Crippen molar-refractivity contribution >= 4 is 12.0 Å². The number of rotatable bonds is 3. The molecule has 0 saturated carbocycles. The molecule has 112 valence electrons. The molecule has 1 aliphatic heterocycles. The Morgan fingerprint density at radius 3 is 2.73 bits per heavy atom. The molecule has 3 nitrogen and oxygen atoms in total. The van der Waals surface area contributed by atoms with E-state index in [2.05, 4.69) is 6.07 Å². The highest BCUT2D eigenvalue weighted by molar-refractivity contribution is 5.91. The van der Waals surface area contributed by atoms with Crippen molar-refractivity contribution in [3.05, 3.63) is 71.3 Å². The summed E-state index contributed by atoms with van der Waals surface area (Å²) in [5.74, 6) is 0.974. The van der Waals surface area contributed by atoms with Crippen LogP contribution in [-0.4, -0.2) is 24.5 Å². The number of ether oxygens (including phenoxy) is 1. The SMILES string of the molecule is COc1cccc2c1CCN(C(=O)/C=C/c1ccccc1)C2. The molecule has 1 aliphatic rings. The zero-order valence-corrected chi connectivity index (χ0v) is 12.7. The molecule has 2 aromatic carbocycles. The summed E-state index contributed by atoms with van der Waals surface area (Å²) in [5, 5.41) is 0. The van der Waals surface area contributed by atoms with Gasteiger partial charge in [0.1, 0.15) is 5.75 Å². The predicted octanol–water partition coefficient (Wildman–Crippen LogP) is 3.29. The van der Waals surface area contributed by atoms with Gasteiger partial charge in [0.2, 0.25) is 5.91 Å². The van der Waals surface area contributed by atoms with Crippen molar-refractivity contribution in [1.82, 2.24) is 4.90 Å². The average molecular weight is 293 g/mol. The van der Waals surface area contributed by atoms with Crippen molar-refractivity contribution in [3.8, 4) is 5.75 Å². The predicted molar refractivity (Wildman–Crippen MR) is 87.6 cm³/mol. The van der Waals surface area contributed by atoms with E-state index in [-0.39, 0.29) is 5.91 Å². The maximum absolute atomic E-state index is 12.3. The lowest BCUT2D eigenvalue weighted by Gasteiger charge is -2.29. The molecule has 0 saturated heterocycles. The third kappa shape index (κ3) is 3.03. The molecule has 3 rings (SSSR count). The smallest absolute Gasteiger partial charge is 0.246 e. The van der Waals surface area contributed by atoms with Crippen molar-refractivity contribution in [1.29, 1.82) is 0 Å². The van der Waals surface area contributed by atoms with Crippen molar-refractivity contribution in [2.45, 2.75) is 13.0 Å². The first-order chi connectivity index (χ1) is 10.8. The second-order valence-corrected chi connectivity index (χ2v) is 5.35. The largest absolute Gasteiger partial charge is 0.496 e. The number of nitrogens with zero attached hydrogens (tertiary/aromatic N) is 1. The van der Waals surface area contributed by atoms with Gasteiger partial charge in [0, 0.05) is 24.7 Å². The van der Waals surface area contributed by atoms with E-state index in [0.29, 0.717) is 6.54 Å². The van der Waals surface area contributed by atoms with Gasteiger partial charge in [-0.2, -0.15) is 0 Å². The average Bonchev–Trinajstić information content (AvgIpc) is 2.59. The van der Waals surface area contributed by atoms with Crippen LogP contribution < -0.4 is 4.74 Å². The minimum absolute atomic E-state index is 0.0531. The van der Waals surface area contributed by atoms with Gasteiger partial charge in [-0.25, -0.2) is 0 Å². The third-order valence-electron chi connectivity index (χ3n) is 3.97. The summed E-state index contributed by atoms with van der Waals surface area (Å²) < 4.78 is 5.40. The molecule has 0 aliphatic carbocycles. The van der Waals surface area contributed by atoms with Gasteiger partial charge in [-0.1, -0.05) is 42.5 Å². The zero-order chi connectivity index (χ0) is 15.4. The summed E-state index contributed by atoms with van der Waals surface area (Å²) >= 11 is 0. The molecular formula is C19H19NO2. The summed E-state index contributed by atoms with van der Waals surface area (Å²) in [6, 6.07) is 15.9. The van der Waals surface area contributed by atoms with E-state index >= 15 is 0 Å². The summed E-state index contributed by atoms with van der Waals surface area (Å²) in [5.41, 5.74) is 3.43. The molecule has 0 spiro atoms. The van der Waals surface area contributed by atoms with Crippen LogP contribution in [0.5, 0.6) is 5.75 Å². The Bertz CT molecular complexity index is 692. The van der Waals surface area contributed by atoms with E-state index in [0.717, 1.165) is 24.3 Å². The molecule has 0 radical (unpaired) electrons. The summed E-state index contributed by atoms with van der Waals surface area (Å²) in [7, 11) is 1.69. The quantitative estimate of drug-likeness (QED) is 0.813. The number of methoxy groups -OCH3 is 1.